The maximum atomic E-state index is 12.9. The van der Waals surface area contributed by atoms with Crippen LogP contribution >= 0.6 is 0 Å². The molecule has 0 aromatic heterocycles. The van der Waals surface area contributed by atoms with Crippen molar-refractivity contribution in [2.24, 2.45) is 5.92 Å². The van der Waals surface area contributed by atoms with Crippen LogP contribution in [0.2, 0.25) is 0 Å². The van der Waals surface area contributed by atoms with E-state index in [2.05, 4.69) is 5.32 Å². The van der Waals surface area contributed by atoms with Crippen LogP contribution in [-0.2, 0) is 11.2 Å². The zero-order valence-corrected chi connectivity index (χ0v) is 13.4. The maximum absolute atomic E-state index is 12.9. The zero-order chi connectivity index (χ0) is 17.5. The average molecular weight is 328 g/mol. The van der Waals surface area contributed by atoms with Gasteiger partial charge < -0.3 is 14.8 Å². The van der Waals surface area contributed by atoms with Gasteiger partial charge in [-0.25, -0.2) is 4.39 Å². The Hall–Kier alpha value is -3.07. The molecule has 0 aliphatic heterocycles. The molecule has 0 bridgehead atoms. The van der Waals surface area contributed by atoms with Crippen LogP contribution in [0.15, 0.2) is 42.5 Å². The molecular weight excluding hydrogens is 311 g/mol. The number of amides is 1. The predicted molar refractivity (Wildman–Crippen MR) is 87.4 cm³/mol. The predicted octanol–water partition coefficient (Wildman–Crippen LogP) is 3.16. The summed E-state index contributed by atoms with van der Waals surface area (Å²) in [7, 11) is 3.06. The molecule has 124 valence electrons. The molecular formula is C18H17FN2O3. The van der Waals surface area contributed by atoms with Crippen molar-refractivity contribution in [2.75, 3.05) is 19.5 Å². The Morgan fingerprint density at radius 1 is 1.21 bits per heavy atom. The van der Waals surface area contributed by atoms with Gasteiger partial charge >= 0.3 is 0 Å². The highest BCUT2D eigenvalue weighted by molar-refractivity contribution is 5.94. The SMILES string of the molecule is COc1ccc(C[C@@H](C#N)C(=O)Nc2ccc(F)cc2)c(OC)c1. The van der Waals surface area contributed by atoms with E-state index in [9.17, 15) is 14.4 Å². The van der Waals surface area contributed by atoms with Crippen LogP contribution in [0.4, 0.5) is 10.1 Å². The van der Waals surface area contributed by atoms with Crippen LogP contribution in [0.1, 0.15) is 5.56 Å². The van der Waals surface area contributed by atoms with Gasteiger partial charge in [0.1, 0.15) is 23.2 Å². The van der Waals surface area contributed by atoms with Crippen LogP contribution in [0.3, 0.4) is 0 Å². The second-order valence-electron chi connectivity index (χ2n) is 5.06. The van der Waals surface area contributed by atoms with Gasteiger partial charge in [-0.1, -0.05) is 6.07 Å². The fourth-order valence-electron chi connectivity index (χ4n) is 2.20. The smallest absolute Gasteiger partial charge is 0.242 e. The molecule has 1 N–H and O–H groups in total. The molecule has 2 aromatic carbocycles. The summed E-state index contributed by atoms with van der Waals surface area (Å²) in [6.45, 7) is 0. The monoisotopic (exact) mass is 328 g/mol. The normalized spacial score (nSPS) is 11.2. The molecule has 0 aliphatic rings. The van der Waals surface area contributed by atoms with Gasteiger partial charge in [0.25, 0.3) is 0 Å². The van der Waals surface area contributed by atoms with Crippen LogP contribution in [-0.4, -0.2) is 20.1 Å². The van der Waals surface area contributed by atoms with E-state index in [0.717, 1.165) is 5.56 Å². The van der Waals surface area contributed by atoms with Gasteiger partial charge in [0.05, 0.1) is 20.3 Å². The van der Waals surface area contributed by atoms with Crippen LogP contribution < -0.4 is 14.8 Å². The standard InChI is InChI=1S/C18H17FN2O3/c1-23-16-8-3-12(17(10-16)24-2)9-13(11-20)18(22)21-15-6-4-14(19)5-7-15/h3-8,10,13H,9H2,1-2H3,(H,21,22)/t13-/m0/s1. The first-order valence-electron chi connectivity index (χ1n) is 7.24. The summed E-state index contributed by atoms with van der Waals surface area (Å²) in [5.41, 5.74) is 1.16. The van der Waals surface area contributed by atoms with Gasteiger partial charge in [0, 0.05) is 18.2 Å². The average Bonchev–Trinajstić information content (AvgIpc) is 2.61. The van der Waals surface area contributed by atoms with Crippen LogP contribution in [0.25, 0.3) is 0 Å². The first-order chi connectivity index (χ1) is 11.6. The maximum Gasteiger partial charge on any atom is 0.242 e. The third kappa shape index (κ3) is 4.23. The number of hydrogen-bond donors (Lipinski definition) is 1. The van der Waals surface area contributed by atoms with Crippen molar-refractivity contribution in [2.45, 2.75) is 6.42 Å². The van der Waals surface area contributed by atoms with Gasteiger partial charge in [-0.15, -0.1) is 0 Å². The van der Waals surface area contributed by atoms with Gasteiger partial charge in [-0.2, -0.15) is 5.26 Å². The molecule has 0 fully saturated rings. The van der Waals surface area contributed by atoms with E-state index in [4.69, 9.17) is 9.47 Å². The van der Waals surface area contributed by atoms with Crippen molar-refractivity contribution in [3.63, 3.8) is 0 Å². The molecule has 1 atom stereocenters. The topological polar surface area (TPSA) is 71.3 Å². The number of benzene rings is 2. The highest BCUT2D eigenvalue weighted by Crippen LogP contribution is 2.27. The first kappa shape index (κ1) is 17.3. The lowest BCUT2D eigenvalue weighted by atomic mass is 9.98. The Balaban J connectivity index is 2.12. The number of nitrogens with one attached hydrogen (secondary N) is 1. The largest absolute Gasteiger partial charge is 0.497 e. The van der Waals surface area contributed by atoms with E-state index < -0.39 is 17.6 Å². The minimum absolute atomic E-state index is 0.191. The number of hydrogen-bond acceptors (Lipinski definition) is 4. The van der Waals surface area contributed by atoms with E-state index in [1.54, 1.807) is 25.3 Å². The van der Waals surface area contributed by atoms with Gasteiger partial charge in [0.2, 0.25) is 5.91 Å². The van der Waals surface area contributed by atoms with E-state index in [1.807, 2.05) is 6.07 Å². The molecule has 2 rings (SSSR count). The van der Waals surface area contributed by atoms with Gasteiger partial charge in [-0.05, 0) is 35.9 Å². The number of nitrogens with zero attached hydrogens (tertiary/aromatic N) is 1. The lowest BCUT2D eigenvalue weighted by molar-refractivity contribution is -0.118. The summed E-state index contributed by atoms with van der Waals surface area (Å²) in [6, 6.07) is 12.5. The molecule has 1 amide bonds. The Kier molecular flexibility index (Phi) is 5.74. The van der Waals surface area contributed by atoms with Crippen LogP contribution in [0.5, 0.6) is 11.5 Å². The Morgan fingerprint density at radius 2 is 1.92 bits per heavy atom. The van der Waals surface area contributed by atoms with E-state index in [1.165, 1.54) is 31.4 Å². The van der Waals surface area contributed by atoms with Crippen LogP contribution in [0, 0.1) is 23.1 Å². The minimum atomic E-state index is -0.905. The summed E-state index contributed by atoms with van der Waals surface area (Å²) in [6.07, 6.45) is 0.191. The fourth-order valence-corrected chi connectivity index (χ4v) is 2.20. The fraction of sp³-hybridized carbons (Fsp3) is 0.222. The van der Waals surface area contributed by atoms with Crippen molar-refractivity contribution in [3.05, 3.63) is 53.8 Å². The molecule has 0 saturated carbocycles. The number of anilines is 1. The van der Waals surface area contributed by atoms with Crippen molar-refractivity contribution in [1.82, 2.24) is 0 Å². The Morgan fingerprint density at radius 3 is 2.50 bits per heavy atom. The summed E-state index contributed by atoms with van der Waals surface area (Å²) in [4.78, 5) is 12.3. The Bertz CT molecular complexity index is 754. The summed E-state index contributed by atoms with van der Waals surface area (Å²) in [5.74, 6) is -0.587. The second kappa shape index (κ2) is 7.97. The molecule has 0 unspecified atom stereocenters. The molecule has 0 spiro atoms. The third-order valence-electron chi connectivity index (χ3n) is 3.50. The van der Waals surface area contributed by atoms with Crippen molar-refractivity contribution in [3.8, 4) is 17.6 Å². The molecule has 0 saturated heterocycles. The number of ether oxygens (including phenoxy) is 2. The number of halogens is 1. The van der Waals surface area contributed by atoms with Crippen molar-refractivity contribution < 1.29 is 18.7 Å². The number of rotatable bonds is 6. The van der Waals surface area contributed by atoms with Crippen molar-refractivity contribution in [1.29, 1.82) is 5.26 Å². The van der Waals surface area contributed by atoms with E-state index in [-0.39, 0.29) is 6.42 Å². The van der Waals surface area contributed by atoms with E-state index in [0.29, 0.717) is 17.2 Å². The lowest BCUT2D eigenvalue weighted by Crippen LogP contribution is -2.23. The molecule has 6 heteroatoms. The summed E-state index contributed by atoms with van der Waals surface area (Å²) in [5, 5.41) is 11.9. The van der Waals surface area contributed by atoms with Gasteiger partial charge in [-0.3, -0.25) is 4.79 Å². The Labute approximate surface area is 139 Å². The third-order valence-corrected chi connectivity index (χ3v) is 3.50. The molecule has 24 heavy (non-hydrogen) atoms. The zero-order valence-electron chi connectivity index (χ0n) is 13.4. The number of methoxy groups -OCH3 is 2. The van der Waals surface area contributed by atoms with E-state index >= 15 is 0 Å². The van der Waals surface area contributed by atoms with Gasteiger partial charge in [0.15, 0.2) is 0 Å². The number of carbonyl (C=O) groups is 1. The molecule has 0 heterocycles. The highest BCUT2D eigenvalue weighted by atomic mass is 19.1. The summed E-state index contributed by atoms with van der Waals surface area (Å²) >= 11 is 0. The molecule has 2 aromatic rings. The quantitative estimate of drug-likeness (QED) is 0.884. The number of nitriles is 1. The minimum Gasteiger partial charge on any atom is -0.497 e. The van der Waals surface area contributed by atoms with Crippen molar-refractivity contribution >= 4 is 11.6 Å². The highest BCUT2D eigenvalue weighted by Gasteiger charge is 2.20. The molecule has 0 radical (unpaired) electrons. The lowest BCUT2D eigenvalue weighted by Gasteiger charge is -2.14. The molecule has 0 aliphatic carbocycles. The molecule has 5 nitrogen and oxygen atoms in total. The summed E-state index contributed by atoms with van der Waals surface area (Å²) < 4.78 is 23.3. The second-order valence-corrected chi connectivity index (χ2v) is 5.06. The first-order valence-corrected chi connectivity index (χ1v) is 7.24. The number of carbonyl (C=O) groups excluding carboxylic acids is 1.